The Labute approximate surface area is 145 Å². The predicted octanol–water partition coefficient (Wildman–Crippen LogP) is 2.42. The maximum atomic E-state index is 12.3. The third kappa shape index (κ3) is 4.00. The molecule has 1 aromatic heterocycles. The van der Waals surface area contributed by atoms with Crippen LogP contribution in [-0.2, 0) is 22.7 Å². The number of likely N-dealkylation sites (tertiary alicyclic amines) is 1. The Balaban J connectivity index is 1.53. The Morgan fingerprint density at radius 2 is 2.08 bits per heavy atom. The summed E-state index contributed by atoms with van der Waals surface area (Å²) < 4.78 is 0. The second-order valence-electron chi connectivity index (χ2n) is 6.24. The maximum absolute atomic E-state index is 12.3. The van der Waals surface area contributed by atoms with E-state index >= 15 is 0 Å². The molecule has 1 fully saturated rings. The zero-order valence-electron chi connectivity index (χ0n) is 13.9. The third-order valence-corrected chi connectivity index (χ3v) is 5.08. The number of aromatic nitrogens is 1. The molecule has 6 heteroatoms. The summed E-state index contributed by atoms with van der Waals surface area (Å²) in [7, 11) is 0. The van der Waals surface area contributed by atoms with Crippen molar-refractivity contribution in [3.05, 3.63) is 51.5 Å². The highest BCUT2D eigenvalue weighted by atomic mass is 32.1. The van der Waals surface area contributed by atoms with Gasteiger partial charge < -0.3 is 10.2 Å². The van der Waals surface area contributed by atoms with E-state index in [1.165, 1.54) is 5.56 Å². The minimum atomic E-state index is -0.274. The molecule has 1 aliphatic heterocycles. The number of amides is 2. The van der Waals surface area contributed by atoms with E-state index in [0.717, 1.165) is 15.4 Å². The van der Waals surface area contributed by atoms with Crippen molar-refractivity contribution in [2.24, 2.45) is 5.92 Å². The number of aryl methyl sites for hydroxylation is 2. The fourth-order valence-electron chi connectivity index (χ4n) is 2.80. The van der Waals surface area contributed by atoms with E-state index in [4.69, 9.17) is 0 Å². The fourth-order valence-corrected chi connectivity index (χ4v) is 3.53. The lowest BCUT2D eigenvalue weighted by atomic mass is 10.1. The number of nitrogens with one attached hydrogen (secondary N) is 1. The first kappa shape index (κ1) is 16.6. The van der Waals surface area contributed by atoms with Gasteiger partial charge in [0.05, 0.1) is 12.5 Å². The highest BCUT2D eigenvalue weighted by Crippen LogP contribution is 2.21. The van der Waals surface area contributed by atoms with E-state index in [2.05, 4.69) is 10.3 Å². The highest BCUT2D eigenvalue weighted by molar-refractivity contribution is 7.11. The van der Waals surface area contributed by atoms with Crippen molar-refractivity contribution in [1.82, 2.24) is 15.2 Å². The van der Waals surface area contributed by atoms with Crippen LogP contribution in [0.3, 0.4) is 0 Å². The quantitative estimate of drug-likeness (QED) is 0.907. The highest BCUT2D eigenvalue weighted by Gasteiger charge is 2.34. The molecule has 2 aromatic rings. The van der Waals surface area contributed by atoms with Crippen LogP contribution in [0.15, 0.2) is 30.5 Å². The minimum Gasteiger partial charge on any atom is -0.349 e. The number of nitrogens with zero attached hydrogens (tertiary/aromatic N) is 2. The molecule has 0 bridgehead atoms. The minimum absolute atomic E-state index is 0.0424. The first-order valence-corrected chi connectivity index (χ1v) is 8.85. The van der Waals surface area contributed by atoms with Gasteiger partial charge in [0.2, 0.25) is 11.8 Å². The topological polar surface area (TPSA) is 62.3 Å². The molecule has 126 valence electrons. The van der Waals surface area contributed by atoms with Crippen LogP contribution in [0.2, 0.25) is 0 Å². The molecule has 1 N–H and O–H groups in total. The van der Waals surface area contributed by atoms with Crippen LogP contribution in [0.25, 0.3) is 0 Å². The molecular formula is C18H21N3O2S. The first-order chi connectivity index (χ1) is 11.5. The number of carbonyl (C=O) groups excluding carboxylic acids is 2. The fraction of sp³-hybridized carbons (Fsp3) is 0.389. The van der Waals surface area contributed by atoms with E-state index in [1.807, 2.05) is 38.1 Å². The average molecular weight is 343 g/mol. The van der Waals surface area contributed by atoms with Crippen LogP contribution in [0.4, 0.5) is 0 Å². The number of hydrogen-bond donors (Lipinski definition) is 1. The molecule has 1 saturated heterocycles. The SMILES string of the molecule is Cc1ccc(CN2C[C@@H](C(=O)NCc3ncc(C)s3)CC2=O)cc1. The van der Waals surface area contributed by atoms with Gasteiger partial charge in [-0.25, -0.2) is 4.98 Å². The second kappa shape index (κ2) is 7.13. The molecular weight excluding hydrogens is 322 g/mol. The maximum Gasteiger partial charge on any atom is 0.225 e. The van der Waals surface area contributed by atoms with Gasteiger partial charge in [-0.3, -0.25) is 9.59 Å². The monoisotopic (exact) mass is 343 g/mol. The second-order valence-corrected chi connectivity index (χ2v) is 7.56. The Hall–Kier alpha value is -2.21. The van der Waals surface area contributed by atoms with Gasteiger partial charge in [-0.1, -0.05) is 29.8 Å². The van der Waals surface area contributed by atoms with Gasteiger partial charge in [-0.05, 0) is 19.4 Å². The molecule has 1 aromatic carbocycles. The number of hydrogen-bond acceptors (Lipinski definition) is 4. The summed E-state index contributed by atoms with van der Waals surface area (Å²) in [5, 5.41) is 3.79. The molecule has 0 spiro atoms. The summed E-state index contributed by atoms with van der Waals surface area (Å²) in [6, 6.07) is 8.13. The number of benzene rings is 1. The molecule has 0 radical (unpaired) electrons. The Kier molecular flexibility index (Phi) is 4.94. The summed E-state index contributed by atoms with van der Waals surface area (Å²) in [5.74, 6) is -0.299. The van der Waals surface area contributed by atoms with Crippen LogP contribution in [-0.4, -0.2) is 28.2 Å². The molecule has 0 saturated carbocycles. The van der Waals surface area contributed by atoms with Crippen molar-refractivity contribution in [3.63, 3.8) is 0 Å². The molecule has 2 amide bonds. The Morgan fingerprint density at radius 3 is 2.75 bits per heavy atom. The molecule has 2 heterocycles. The summed E-state index contributed by atoms with van der Waals surface area (Å²) in [4.78, 5) is 31.6. The Bertz CT molecular complexity index is 739. The van der Waals surface area contributed by atoms with Crippen LogP contribution >= 0.6 is 11.3 Å². The van der Waals surface area contributed by atoms with Gasteiger partial charge in [0.15, 0.2) is 0 Å². The summed E-state index contributed by atoms with van der Waals surface area (Å²) in [6.45, 7) is 5.50. The van der Waals surface area contributed by atoms with Crippen LogP contribution < -0.4 is 5.32 Å². The lowest BCUT2D eigenvalue weighted by molar-refractivity contribution is -0.129. The zero-order chi connectivity index (χ0) is 17.1. The molecule has 24 heavy (non-hydrogen) atoms. The van der Waals surface area contributed by atoms with Crippen LogP contribution in [0.5, 0.6) is 0 Å². The van der Waals surface area contributed by atoms with Gasteiger partial charge in [-0.15, -0.1) is 11.3 Å². The van der Waals surface area contributed by atoms with Gasteiger partial charge in [-0.2, -0.15) is 0 Å². The van der Waals surface area contributed by atoms with Gasteiger partial charge in [0, 0.05) is 30.6 Å². The largest absolute Gasteiger partial charge is 0.349 e. The average Bonchev–Trinajstić information content (AvgIpc) is 3.13. The predicted molar refractivity (Wildman–Crippen MR) is 93.4 cm³/mol. The van der Waals surface area contributed by atoms with Crippen LogP contribution in [0.1, 0.15) is 27.4 Å². The third-order valence-electron chi connectivity index (χ3n) is 4.16. The van der Waals surface area contributed by atoms with Crippen LogP contribution in [0, 0.1) is 19.8 Å². The first-order valence-electron chi connectivity index (χ1n) is 8.03. The van der Waals surface area contributed by atoms with E-state index in [0.29, 0.717) is 19.6 Å². The van der Waals surface area contributed by atoms with Crippen molar-refractivity contribution in [2.45, 2.75) is 33.4 Å². The number of thiazole rings is 1. The normalized spacial score (nSPS) is 17.3. The van der Waals surface area contributed by atoms with Crippen molar-refractivity contribution in [3.8, 4) is 0 Å². The van der Waals surface area contributed by atoms with Crippen molar-refractivity contribution in [2.75, 3.05) is 6.54 Å². The Morgan fingerprint density at radius 1 is 1.33 bits per heavy atom. The smallest absolute Gasteiger partial charge is 0.225 e. The zero-order valence-corrected chi connectivity index (χ0v) is 14.7. The molecule has 0 unspecified atom stereocenters. The van der Waals surface area contributed by atoms with E-state index in [1.54, 1.807) is 22.4 Å². The van der Waals surface area contributed by atoms with Gasteiger partial charge in [0.25, 0.3) is 0 Å². The van der Waals surface area contributed by atoms with Crippen molar-refractivity contribution in [1.29, 1.82) is 0 Å². The standard InChI is InChI=1S/C18H21N3O2S/c1-12-3-5-14(6-4-12)10-21-11-15(7-17(21)22)18(23)20-9-16-19-8-13(2)24-16/h3-6,8,15H,7,9-11H2,1-2H3,(H,20,23)/t15-/m0/s1. The lowest BCUT2D eigenvalue weighted by Crippen LogP contribution is -2.32. The molecule has 1 atom stereocenters. The summed E-state index contributed by atoms with van der Waals surface area (Å²) >= 11 is 1.57. The molecule has 3 rings (SSSR count). The number of carbonyl (C=O) groups is 2. The molecule has 0 aliphatic carbocycles. The lowest BCUT2D eigenvalue weighted by Gasteiger charge is -2.16. The van der Waals surface area contributed by atoms with E-state index in [9.17, 15) is 9.59 Å². The van der Waals surface area contributed by atoms with E-state index < -0.39 is 0 Å². The molecule has 1 aliphatic rings. The molecule has 5 nitrogen and oxygen atoms in total. The van der Waals surface area contributed by atoms with Gasteiger partial charge >= 0.3 is 0 Å². The van der Waals surface area contributed by atoms with Crippen molar-refractivity contribution >= 4 is 23.2 Å². The van der Waals surface area contributed by atoms with Crippen molar-refractivity contribution < 1.29 is 9.59 Å². The number of rotatable bonds is 5. The summed E-state index contributed by atoms with van der Waals surface area (Å²) in [5.41, 5.74) is 2.29. The van der Waals surface area contributed by atoms with E-state index in [-0.39, 0.29) is 24.2 Å². The summed E-state index contributed by atoms with van der Waals surface area (Å²) in [6.07, 6.45) is 2.09. The van der Waals surface area contributed by atoms with Gasteiger partial charge in [0.1, 0.15) is 5.01 Å².